The van der Waals surface area contributed by atoms with Gasteiger partial charge in [0.15, 0.2) is 0 Å². The summed E-state index contributed by atoms with van der Waals surface area (Å²) >= 11 is 0. The van der Waals surface area contributed by atoms with E-state index in [4.69, 9.17) is 0 Å². The molecule has 0 aliphatic heterocycles. The highest BCUT2D eigenvalue weighted by Crippen LogP contribution is 2.36. The number of nitro groups is 1. The van der Waals surface area contributed by atoms with Crippen LogP contribution in [0.2, 0.25) is 0 Å². The minimum Gasteiger partial charge on any atom is -0.396 e. The van der Waals surface area contributed by atoms with Crippen LogP contribution in [0.4, 0.5) is 11.4 Å². The Labute approximate surface area is 112 Å². The lowest BCUT2D eigenvalue weighted by Crippen LogP contribution is -2.35. The number of hydrogen-bond acceptors (Lipinski definition) is 5. The summed E-state index contributed by atoms with van der Waals surface area (Å²) in [7, 11) is 0. The van der Waals surface area contributed by atoms with Gasteiger partial charge in [-0.3, -0.25) is 15.1 Å². The van der Waals surface area contributed by atoms with Crippen LogP contribution in [-0.4, -0.2) is 28.2 Å². The molecule has 0 unspecified atom stereocenters. The summed E-state index contributed by atoms with van der Waals surface area (Å²) in [6, 6.07) is 1.60. The van der Waals surface area contributed by atoms with E-state index in [1.165, 1.54) is 18.8 Å². The second kappa shape index (κ2) is 5.97. The molecule has 0 radical (unpaired) electrons. The zero-order valence-electron chi connectivity index (χ0n) is 10.8. The van der Waals surface area contributed by atoms with Crippen molar-refractivity contribution in [3.63, 3.8) is 0 Å². The van der Waals surface area contributed by atoms with Crippen LogP contribution >= 0.6 is 0 Å². The average Bonchev–Trinajstić information content (AvgIpc) is 2.46. The first-order chi connectivity index (χ1) is 9.17. The summed E-state index contributed by atoms with van der Waals surface area (Å²) in [5.41, 5.74) is 0.305. The molecule has 104 valence electrons. The number of nitrogens with one attached hydrogen (secondary N) is 1. The SMILES string of the molecule is O=[N+]([O-])c1cnccc1NCC1(CO)CCCCC1. The fraction of sp³-hybridized carbons (Fsp3) is 0.615. The molecule has 1 saturated carbocycles. The third kappa shape index (κ3) is 3.20. The van der Waals surface area contributed by atoms with Crippen LogP contribution in [0.25, 0.3) is 0 Å². The maximum atomic E-state index is 10.9. The Morgan fingerprint density at radius 2 is 2.16 bits per heavy atom. The van der Waals surface area contributed by atoms with E-state index in [9.17, 15) is 15.2 Å². The lowest BCUT2D eigenvalue weighted by Gasteiger charge is -2.35. The molecule has 2 rings (SSSR count). The first kappa shape index (κ1) is 13.7. The first-order valence-corrected chi connectivity index (χ1v) is 6.60. The highest BCUT2D eigenvalue weighted by molar-refractivity contribution is 5.59. The van der Waals surface area contributed by atoms with E-state index in [0.29, 0.717) is 12.2 Å². The van der Waals surface area contributed by atoms with Crippen molar-refractivity contribution in [2.45, 2.75) is 32.1 Å². The Morgan fingerprint density at radius 1 is 1.42 bits per heavy atom. The van der Waals surface area contributed by atoms with Gasteiger partial charge in [-0.15, -0.1) is 0 Å². The molecule has 2 N–H and O–H groups in total. The molecule has 19 heavy (non-hydrogen) atoms. The van der Waals surface area contributed by atoms with Crippen molar-refractivity contribution in [2.24, 2.45) is 5.41 Å². The van der Waals surface area contributed by atoms with Gasteiger partial charge in [0, 0.05) is 18.2 Å². The minimum absolute atomic E-state index is 0.0219. The second-order valence-corrected chi connectivity index (χ2v) is 5.22. The van der Waals surface area contributed by atoms with Crippen molar-refractivity contribution >= 4 is 11.4 Å². The molecule has 1 aromatic rings. The largest absolute Gasteiger partial charge is 0.396 e. The number of pyridine rings is 1. The van der Waals surface area contributed by atoms with Crippen LogP contribution in [0.15, 0.2) is 18.5 Å². The van der Waals surface area contributed by atoms with Gasteiger partial charge in [0.25, 0.3) is 0 Å². The number of aliphatic hydroxyl groups is 1. The number of nitrogens with zero attached hydrogens (tertiary/aromatic N) is 2. The van der Waals surface area contributed by atoms with E-state index in [2.05, 4.69) is 10.3 Å². The van der Waals surface area contributed by atoms with Crippen molar-refractivity contribution in [2.75, 3.05) is 18.5 Å². The van der Waals surface area contributed by atoms with Crippen molar-refractivity contribution in [1.29, 1.82) is 0 Å². The van der Waals surface area contributed by atoms with Gasteiger partial charge < -0.3 is 10.4 Å². The normalized spacial score (nSPS) is 17.9. The number of aromatic nitrogens is 1. The third-order valence-electron chi connectivity index (χ3n) is 3.90. The van der Waals surface area contributed by atoms with E-state index in [1.807, 2.05) is 0 Å². The van der Waals surface area contributed by atoms with Crippen LogP contribution < -0.4 is 5.32 Å². The van der Waals surface area contributed by atoms with Crippen LogP contribution in [0.1, 0.15) is 32.1 Å². The van der Waals surface area contributed by atoms with Gasteiger partial charge in [0.05, 0.1) is 11.5 Å². The lowest BCUT2D eigenvalue weighted by molar-refractivity contribution is -0.384. The van der Waals surface area contributed by atoms with Gasteiger partial charge in [0.2, 0.25) is 0 Å². The molecule has 6 heteroatoms. The van der Waals surface area contributed by atoms with Crippen molar-refractivity contribution in [1.82, 2.24) is 4.98 Å². The van der Waals surface area contributed by atoms with Gasteiger partial charge >= 0.3 is 5.69 Å². The zero-order valence-corrected chi connectivity index (χ0v) is 10.8. The van der Waals surface area contributed by atoms with Crippen LogP contribution in [0.5, 0.6) is 0 Å². The van der Waals surface area contributed by atoms with E-state index in [1.54, 1.807) is 6.07 Å². The number of anilines is 1. The molecule has 0 bridgehead atoms. The van der Waals surface area contributed by atoms with E-state index >= 15 is 0 Å². The molecule has 0 amide bonds. The Bertz CT molecular complexity index is 445. The highest BCUT2D eigenvalue weighted by atomic mass is 16.6. The molecular weight excluding hydrogens is 246 g/mol. The molecule has 1 heterocycles. The summed E-state index contributed by atoms with van der Waals surface area (Å²) in [6.45, 7) is 0.688. The molecule has 1 fully saturated rings. The molecular formula is C13H19N3O3. The molecule has 1 aliphatic carbocycles. The lowest BCUT2D eigenvalue weighted by atomic mass is 9.74. The summed E-state index contributed by atoms with van der Waals surface area (Å²) in [6.07, 6.45) is 8.14. The maximum Gasteiger partial charge on any atom is 0.310 e. The van der Waals surface area contributed by atoms with Gasteiger partial charge in [-0.25, -0.2) is 0 Å². The molecule has 6 nitrogen and oxygen atoms in total. The van der Waals surface area contributed by atoms with E-state index < -0.39 is 4.92 Å². The van der Waals surface area contributed by atoms with Crippen LogP contribution in [0, 0.1) is 15.5 Å². The van der Waals surface area contributed by atoms with Crippen LogP contribution in [0.3, 0.4) is 0 Å². The second-order valence-electron chi connectivity index (χ2n) is 5.22. The van der Waals surface area contributed by atoms with Crippen molar-refractivity contribution < 1.29 is 10.0 Å². The molecule has 0 aromatic carbocycles. The molecule has 0 saturated heterocycles. The monoisotopic (exact) mass is 265 g/mol. The number of rotatable bonds is 5. The quantitative estimate of drug-likeness (QED) is 0.630. The van der Waals surface area contributed by atoms with E-state index in [0.717, 1.165) is 25.7 Å². The van der Waals surface area contributed by atoms with Gasteiger partial charge in [-0.05, 0) is 18.9 Å². The van der Waals surface area contributed by atoms with Crippen molar-refractivity contribution in [3.8, 4) is 0 Å². The molecule has 0 spiro atoms. The molecule has 0 atom stereocenters. The fourth-order valence-electron chi connectivity index (χ4n) is 2.66. The fourth-order valence-corrected chi connectivity index (χ4v) is 2.66. The Kier molecular flexibility index (Phi) is 4.31. The molecule has 1 aliphatic rings. The Balaban J connectivity index is 2.07. The van der Waals surface area contributed by atoms with E-state index in [-0.39, 0.29) is 17.7 Å². The summed E-state index contributed by atoms with van der Waals surface area (Å²) in [4.78, 5) is 14.2. The number of aliphatic hydroxyl groups excluding tert-OH is 1. The summed E-state index contributed by atoms with van der Waals surface area (Å²) < 4.78 is 0. The Morgan fingerprint density at radius 3 is 2.79 bits per heavy atom. The standard InChI is InChI=1S/C13H19N3O3/c17-10-13(5-2-1-3-6-13)9-15-11-4-7-14-8-12(11)16(18)19/h4,7-8,17H,1-3,5-6,9-10H2,(H,14,15). The highest BCUT2D eigenvalue weighted by Gasteiger charge is 2.31. The van der Waals surface area contributed by atoms with Crippen molar-refractivity contribution in [3.05, 3.63) is 28.6 Å². The predicted molar refractivity (Wildman–Crippen MR) is 72.0 cm³/mol. The number of hydrogen-bond donors (Lipinski definition) is 2. The first-order valence-electron chi connectivity index (χ1n) is 6.60. The topological polar surface area (TPSA) is 88.3 Å². The smallest absolute Gasteiger partial charge is 0.310 e. The van der Waals surface area contributed by atoms with Gasteiger partial charge in [-0.2, -0.15) is 0 Å². The predicted octanol–water partition coefficient (Wildman–Crippen LogP) is 2.34. The van der Waals surface area contributed by atoms with Gasteiger partial charge in [-0.1, -0.05) is 19.3 Å². The van der Waals surface area contributed by atoms with Crippen LogP contribution in [-0.2, 0) is 0 Å². The third-order valence-corrected chi connectivity index (χ3v) is 3.90. The maximum absolute atomic E-state index is 10.9. The Hall–Kier alpha value is -1.69. The van der Waals surface area contributed by atoms with Gasteiger partial charge in [0.1, 0.15) is 11.9 Å². The summed E-state index contributed by atoms with van der Waals surface area (Å²) in [5.74, 6) is 0. The summed E-state index contributed by atoms with van der Waals surface area (Å²) in [5, 5.41) is 23.6. The zero-order chi connectivity index (χ0) is 13.7. The average molecular weight is 265 g/mol. The minimum atomic E-state index is -0.443. The molecule has 1 aromatic heterocycles.